The third-order valence-electron chi connectivity index (χ3n) is 8.48. The molecule has 0 atom stereocenters. The zero-order chi connectivity index (χ0) is 65.7. The fourth-order valence-electron chi connectivity index (χ4n) is 6.14. The highest BCUT2D eigenvalue weighted by Crippen LogP contribution is 2.41. The van der Waals surface area contributed by atoms with E-state index in [4.69, 9.17) is 28.8 Å². The number of para-hydroxylation sites is 3. The second-order valence-electron chi connectivity index (χ2n) is 11.6. The van der Waals surface area contributed by atoms with Crippen molar-refractivity contribution in [1.82, 2.24) is 24.1 Å². The van der Waals surface area contributed by atoms with Gasteiger partial charge in [0.1, 0.15) is 0 Å². The highest BCUT2D eigenvalue weighted by atomic mass is 15.2. The van der Waals surface area contributed by atoms with E-state index in [1.165, 1.54) is 0 Å². The minimum Gasteiger partial charge on any atom is -0.309 e. The van der Waals surface area contributed by atoms with Crippen molar-refractivity contribution >= 4 is 43.6 Å². The molecule has 0 N–H and O–H groups in total. The summed E-state index contributed by atoms with van der Waals surface area (Å²) in [5, 5.41) is -2.66. The van der Waals surface area contributed by atoms with Crippen molar-refractivity contribution in [2.24, 2.45) is 0 Å². The normalized spacial score (nSPS) is 19.8. The predicted octanol–water partition coefficient (Wildman–Crippen LogP) is 12.7. The summed E-state index contributed by atoms with van der Waals surface area (Å²) >= 11 is 0. The summed E-state index contributed by atoms with van der Waals surface area (Å²) in [6.45, 7) is 0. The Labute approximate surface area is 369 Å². The Morgan fingerprint density at radius 1 is 0.321 bits per heavy atom. The molecule has 0 amide bonds. The van der Waals surface area contributed by atoms with E-state index in [0.29, 0.717) is 9.13 Å². The number of fused-ring (bicyclic) bond motifs is 6. The highest BCUT2D eigenvalue weighted by Gasteiger charge is 2.22. The highest BCUT2D eigenvalue weighted by molar-refractivity contribution is 6.19. The molecule has 262 valence electrons. The molecule has 3 heterocycles. The molecule has 0 saturated carbocycles. The van der Waals surface area contributed by atoms with E-state index in [1.54, 1.807) is 0 Å². The lowest BCUT2D eigenvalue weighted by atomic mass is 10.0. The minimum absolute atomic E-state index is 0.658. The first-order valence-corrected chi connectivity index (χ1v) is 16.2. The van der Waals surface area contributed by atoms with Gasteiger partial charge in [0, 0.05) is 38.2 Å². The van der Waals surface area contributed by atoms with E-state index < -0.39 is 300 Å². The largest absolute Gasteiger partial charge is 0.309 e. The molecule has 11 rings (SSSR count). The van der Waals surface area contributed by atoms with E-state index in [1.807, 2.05) is 0 Å². The molecule has 0 unspecified atom stereocenters. The predicted molar refractivity (Wildman–Crippen MR) is 230 cm³/mol. The van der Waals surface area contributed by atoms with Gasteiger partial charge in [0.2, 0.25) is 5.95 Å². The van der Waals surface area contributed by atoms with Crippen LogP contribution in [0.25, 0.3) is 100 Å². The maximum Gasteiger partial charge on any atom is 0.238 e. The van der Waals surface area contributed by atoms with Gasteiger partial charge in [-0.15, -0.1) is 0 Å². The number of nitrogens with zero attached hydrogens (tertiary/aromatic N) is 5. The third-order valence-corrected chi connectivity index (χ3v) is 8.48. The zero-order valence-corrected chi connectivity index (χ0v) is 27.7. The van der Waals surface area contributed by atoms with Gasteiger partial charge in [-0.05, 0) is 46.9 Å². The standard InChI is InChI=1S/C51H33N5/c1-4-16-34(17-5-1)35-28-30-38(31-29-35)50-52-49(37-20-8-3-9-21-37)53-51(54-50)56-46-27-15-12-24-41(46)43-32-42-40-23-11-14-26-45(40)55(47(42)33-48(43)56)44-25-13-10-22-39(44)36-18-6-2-7-19-36/h1-33H/i1D,2D,3D,4D,5D,6D,7D,8D,9D,10D,11D,12D,13D,14D,15D,16D,17D,18D,19D,20D,21D,22D,23D,24D,25D,26D,27D,28D,29D,30D,31D,32D,33D. The molecule has 0 aliphatic rings. The monoisotopic (exact) mass is 748 g/mol. The van der Waals surface area contributed by atoms with Gasteiger partial charge in [0.15, 0.2) is 11.6 Å². The van der Waals surface area contributed by atoms with Crippen LogP contribution < -0.4 is 0 Å². The smallest absolute Gasteiger partial charge is 0.238 e. The fourth-order valence-corrected chi connectivity index (χ4v) is 6.14. The Kier molecular flexibility index (Phi) is 3.03. The third kappa shape index (κ3) is 5.21. The Bertz CT molecular complexity index is 5070. The van der Waals surface area contributed by atoms with Crippen LogP contribution in [0.1, 0.15) is 45.2 Å². The molecule has 0 radical (unpaired) electrons. The van der Waals surface area contributed by atoms with Crippen LogP contribution in [0.2, 0.25) is 0 Å². The average Bonchev–Trinajstić information content (AvgIpc) is 1.54. The average molecular weight is 749 g/mol. The van der Waals surface area contributed by atoms with Gasteiger partial charge in [0.25, 0.3) is 0 Å². The Morgan fingerprint density at radius 2 is 0.768 bits per heavy atom. The molecule has 8 aromatic carbocycles. The van der Waals surface area contributed by atoms with Crippen molar-refractivity contribution in [2.75, 3.05) is 0 Å². The second kappa shape index (κ2) is 13.0. The van der Waals surface area contributed by atoms with Crippen LogP contribution in [0.4, 0.5) is 0 Å². The van der Waals surface area contributed by atoms with Crippen LogP contribution in [-0.2, 0) is 0 Å². The lowest BCUT2D eigenvalue weighted by Crippen LogP contribution is -2.06. The number of aromatic nitrogens is 5. The molecule has 0 aliphatic heterocycles. The molecule has 0 bridgehead atoms. The van der Waals surface area contributed by atoms with Crippen molar-refractivity contribution in [3.05, 3.63) is 199 Å². The summed E-state index contributed by atoms with van der Waals surface area (Å²) in [6.07, 6.45) is 0. The maximum absolute atomic E-state index is 10.4. The van der Waals surface area contributed by atoms with Crippen LogP contribution in [-0.4, -0.2) is 24.1 Å². The van der Waals surface area contributed by atoms with Crippen molar-refractivity contribution in [3.8, 4) is 56.7 Å². The molecule has 0 spiro atoms. The first kappa shape index (κ1) is 13.0. The zero-order valence-electron chi connectivity index (χ0n) is 60.7. The SMILES string of the molecule is [2H]c1c([2H])c([2H])c(-c2nc(-c3c([2H])c([2H])c(-c4c([2H])c([2H])c([2H])c([2H])c4[2H])c([2H])c3[2H])nc(-n3c4c([2H])c([2H])c([2H])c([2H])c4c4c([2H])c5c6c([2H])c([2H])c([2H])c([2H])c6n(-c6c([2H])c([2H])c([2H])c([2H])c6-c6c([2H])c([2H])c([2H])c([2H])c6[2H])c5c([2H])c43)n2)c([2H])c1[2H]. The maximum atomic E-state index is 10.4. The van der Waals surface area contributed by atoms with Gasteiger partial charge in [-0.3, -0.25) is 4.57 Å². The summed E-state index contributed by atoms with van der Waals surface area (Å²) in [5.74, 6) is -3.00. The van der Waals surface area contributed by atoms with Crippen molar-refractivity contribution in [2.45, 2.75) is 0 Å². The van der Waals surface area contributed by atoms with Gasteiger partial charge < -0.3 is 4.57 Å². The summed E-state index contributed by atoms with van der Waals surface area (Å²) in [7, 11) is 0. The number of rotatable bonds is 6. The summed E-state index contributed by atoms with van der Waals surface area (Å²) in [5.41, 5.74) is -9.20. The first-order valence-electron chi connectivity index (χ1n) is 32.7. The molecule has 0 fully saturated rings. The van der Waals surface area contributed by atoms with Crippen molar-refractivity contribution in [3.63, 3.8) is 0 Å². The summed E-state index contributed by atoms with van der Waals surface area (Å²) < 4.78 is 298. The van der Waals surface area contributed by atoms with Gasteiger partial charge in [-0.25, -0.2) is 4.98 Å². The number of benzene rings is 8. The van der Waals surface area contributed by atoms with Crippen LogP contribution >= 0.6 is 0 Å². The van der Waals surface area contributed by atoms with Crippen LogP contribution in [0.5, 0.6) is 0 Å². The van der Waals surface area contributed by atoms with E-state index in [0.717, 1.165) is 0 Å². The van der Waals surface area contributed by atoms with Gasteiger partial charge in [-0.2, -0.15) is 9.97 Å². The molecular formula is C51H33N5. The van der Waals surface area contributed by atoms with Crippen LogP contribution in [0.15, 0.2) is 199 Å². The Hall–Kier alpha value is -7.63. The molecule has 3 aromatic heterocycles. The number of hydrogen-bond donors (Lipinski definition) is 0. The van der Waals surface area contributed by atoms with E-state index >= 15 is 0 Å². The molecule has 11 aromatic rings. The van der Waals surface area contributed by atoms with Gasteiger partial charge in [-0.1, -0.05) is 169 Å². The summed E-state index contributed by atoms with van der Waals surface area (Å²) in [4.78, 5) is 13.3. The number of hydrogen-bond acceptors (Lipinski definition) is 3. The van der Waals surface area contributed by atoms with E-state index in [9.17, 15) is 16.4 Å². The van der Waals surface area contributed by atoms with Gasteiger partial charge >= 0.3 is 0 Å². The van der Waals surface area contributed by atoms with Crippen molar-refractivity contribution < 1.29 is 45.2 Å². The van der Waals surface area contributed by atoms with Crippen LogP contribution in [0, 0.1) is 0 Å². The summed E-state index contributed by atoms with van der Waals surface area (Å²) in [6, 6.07) is -33.0. The topological polar surface area (TPSA) is 48.5 Å². The molecule has 0 aliphatic carbocycles. The molecule has 56 heavy (non-hydrogen) atoms. The Morgan fingerprint density at radius 3 is 1.41 bits per heavy atom. The fraction of sp³-hybridized carbons (Fsp3) is 0. The molecule has 5 heteroatoms. The van der Waals surface area contributed by atoms with Crippen molar-refractivity contribution in [1.29, 1.82) is 0 Å². The molecular weight excluding hydrogens is 683 g/mol. The van der Waals surface area contributed by atoms with E-state index in [-0.39, 0.29) is 0 Å². The lowest BCUT2D eigenvalue weighted by molar-refractivity contribution is 0.953. The lowest BCUT2D eigenvalue weighted by Gasteiger charge is -2.14. The quantitative estimate of drug-likeness (QED) is 0.170. The minimum atomic E-state index is -1.12. The second-order valence-corrected chi connectivity index (χ2v) is 11.6. The van der Waals surface area contributed by atoms with Gasteiger partial charge in [0.05, 0.1) is 73.0 Å². The molecule has 5 nitrogen and oxygen atoms in total. The molecule has 0 saturated heterocycles. The Balaban J connectivity index is 1.42. The van der Waals surface area contributed by atoms with E-state index in [2.05, 4.69) is 15.0 Å². The first-order chi connectivity index (χ1) is 41.5. The van der Waals surface area contributed by atoms with Crippen LogP contribution in [0.3, 0.4) is 0 Å².